The van der Waals surface area contributed by atoms with Crippen molar-refractivity contribution in [2.24, 2.45) is 0 Å². The molecule has 0 N–H and O–H groups in total. The number of fused-ring (bicyclic) bond motifs is 2. The number of hydrogen-bond acceptors (Lipinski definition) is 6. The number of nitriles is 2. The van der Waals surface area contributed by atoms with Crippen molar-refractivity contribution < 1.29 is 63.1 Å². The van der Waals surface area contributed by atoms with Crippen molar-refractivity contribution in [1.29, 1.82) is 10.5 Å². The predicted molar refractivity (Wildman–Crippen MR) is 178 cm³/mol. The first-order valence-corrected chi connectivity index (χ1v) is 16.4. The van der Waals surface area contributed by atoms with Gasteiger partial charge in [-0.3, -0.25) is 29.0 Å². The average Bonchev–Trinajstić information content (AvgIpc) is 3.23. The molecule has 9 rings (SSSR count). The molecule has 284 valence electrons. The van der Waals surface area contributed by atoms with E-state index in [9.17, 15) is 73.6 Å². The molecule has 2 heterocycles. The fraction of sp³-hybridized carbons (Fsp3) is 0.0500. The molecule has 8 nitrogen and oxygen atoms in total. The summed E-state index contributed by atoms with van der Waals surface area (Å²) in [5.41, 5.74) is -4.99. The second-order valence-corrected chi connectivity index (χ2v) is 13.2. The Kier molecular flexibility index (Phi) is 7.43. The second kappa shape index (κ2) is 12.0. The monoisotopic (exact) mass is 800 g/mol. The molecule has 0 fully saturated rings. The van der Waals surface area contributed by atoms with Crippen LogP contribution in [-0.4, -0.2) is 33.4 Å². The molecule has 0 saturated carbocycles. The first-order chi connectivity index (χ1) is 27.5. The van der Waals surface area contributed by atoms with Gasteiger partial charge in [-0.1, -0.05) is 12.1 Å². The van der Waals surface area contributed by atoms with E-state index in [0.717, 1.165) is 24.3 Å². The van der Waals surface area contributed by atoms with Crippen molar-refractivity contribution in [3.63, 3.8) is 0 Å². The molecule has 18 heteroatoms. The summed E-state index contributed by atoms with van der Waals surface area (Å²) >= 11 is 0. The zero-order valence-corrected chi connectivity index (χ0v) is 28.1. The Labute approximate surface area is 314 Å². The zero-order chi connectivity index (χ0) is 41.5. The fourth-order valence-corrected chi connectivity index (χ4v) is 7.93. The van der Waals surface area contributed by atoms with Gasteiger partial charge >= 0.3 is 0 Å². The van der Waals surface area contributed by atoms with Crippen LogP contribution in [0.25, 0.3) is 43.1 Å². The average molecular weight is 801 g/mol. The first-order valence-electron chi connectivity index (χ1n) is 16.4. The predicted octanol–water partition coefficient (Wildman–Crippen LogP) is 8.46. The molecule has 0 bridgehead atoms. The number of amides is 4. The van der Waals surface area contributed by atoms with Gasteiger partial charge in [0.1, 0.15) is 0 Å². The van der Waals surface area contributed by atoms with E-state index in [-0.39, 0.29) is 75.1 Å². The van der Waals surface area contributed by atoms with Crippen LogP contribution in [0.4, 0.5) is 43.9 Å². The lowest BCUT2D eigenvalue weighted by Crippen LogP contribution is -2.40. The summed E-state index contributed by atoms with van der Waals surface area (Å²) in [6.07, 6.45) is 0. The van der Waals surface area contributed by atoms with Crippen LogP contribution < -0.4 is 0 Å². The molecule has 0 atom stereocenters. The van der Waals surface area contributed by atoms with Gasteiger partial charge in [0.05, 0.1) is 47.5 Å². The minimum Gasteiger partial charge on any atom is -0.270 e. The number of hydrogen-bond donors (Lipinski definition) is 0. The van der Waals surface area contributed by atoms with Gasteiger partial charge in [-0.15, -0.1) is 0 Å². The molecule has 4 amide bonds. The highest BCUT2D eigenvalue weighted by atomic mass is 19.2. The van der Waals surface area contributed by atoms with E-state index in [4.69, 9.17) is 0 Å². The molecule has 0 aliphatic carbocycles. The van der Waals surface area contributed by atoms with Crippen LogP contribution in [0.5, 0.6) is 0 Å². The highest BCUT2D eigenvalue weighted by molar-refractivity contribution is 6.42. The van der Waals surface area contributed by atoms with E-state index >= 15 is 0 Å². The Balaban J connectivity index is 1.28. The Morgan fingerprint density at radius 1 is 0.397 bits per heavy atom. The van der Waals surface area contributed by atoms with Crippen molar-refractivity contribution in [2.45, 2.75) is 13.1 Å². The van der Waals surface area contributed by atoms with Gasteiger partial charge in [0.2, 0.25) is 11.6 Å². The maximum Gasteiger partial charge on any atom is 0.261 e. The van der Waals surface area contributed by atoms with Crippen LogP contribution in [0.2, 0.25) is 0 Å². The molecule has 2 aliphatic heterocycles. The lowest BCUT2D eigenvalue weighted by molar-refractivity contribution is 0.0579. The first kappa shape index (κ1) is 36.1. The lowest BCUT2D eigenvalue weighted by atomic mass is 9.79. The molecule has 0 radical (unpaired) electrons. The number of carbonyl (C=O) groups excluding carboxylic acids is 4. The number of benzene rings is 7. The summed E-state index contributed by atoms with van der Waals surface area (Å²) in [7, 11) is 0. The van der Waals surface area contributed by atoms with Crippen LogP contribution >= 0.6 is 0 Å². The largest absolute Gasteiger partial charge is 0.270 e. The number of imide groups is 2. The topological polar surface area (TPSA) is 122 Å². The summed E-state index contributed by atoms with van der Waals surface area (Å²) in [5.74, 6) is -28.4. The van der Waals surface area contributed by atoms with Crippen molar-refractivity contribution in [1.82, 2.24) is 9.80 Å². The van der Waals surface area contributed by atoms with Crippen molar-refractivity contribution in [2.75, 3.05) is 0 Å². The standard InChI is InChI=1S/C40H10F10N4O4/c41-27-19(28(42)32(46)35(49)31(27)45)9-53-37(55)15-3-1-13-21-11(7-51)5-18-24-16(38(56)54(40(18)58)10-20-29(43)33(47)36(50)34(48)30(20)44)4-2-14(26(21)24)22-12(8-52)6-17(39(53)57)23(15)25(13)22/h1-6H,9-10H2. The van der Waals surface area contributed by atoms with E-state index in [1.807, 2.05) is 12.1 Å². The smallest absolute Gasteiger partial charge is 0.261 e. The quantitative estimate of drug-likeness (QED) is 0.0440. The molecule has 0 unspecified atom stereocenters. The third kappa shape index (κ3) is 4.33. The van der Waals surface area contributed by atoms with Crippen molar-refractivity contribution in [3.8, 4) is 12.1 Å². The summed E-state index contributed by atoms with van der Waals surface area (Å²) in [6.45, 7) is -2.82. The molecule has 7 aromatic carbocycles. The maximum atomic E-state index is 14.7. The van der Waals surface area contributed by atoms with E-state index < -0.39 is 117 Å². The van der Waals surface area contributed by atoms with Crippen LogP contribution in [0.15, 0.2) is 36.4 Å². The van der Waals surface area contributed by atoms with Gasteiger partial charge in [-0.2, -0.15) is 10.5 Å². The minimum absolute atomic E-state index is 0.0238. The molecule has 0 aromatic heterocycles. The highest BCUT2D eigenvalue weighted by Crippen LogP contribution is 2.49. The lowest BCUT2D eigenvalue weighted by Gasteiger charge is -2.31. The van der Waals surface area contributed by atoms with Gasteiger partial charge < -0.3 is 0 Å². The summed E-state index contributed by atoms with van der Waals surface area (Å²) in [5, 5.41) is 20.8. The van der Waals surface area contributed by atoms with E-state index in [1.165, 1.54) is 12.1 Å². The molecule has 0 saturated heterocycles. The van der Waals surface area contributed by atoms with Gasteiger partial charge in [0.25, 0.3) is 23.6 Å². The Bertz CT molecular complexity index is 3040. The van der Waals surface area contributed by atoms with Gasteiger partial charge in [0, 0.05) is 54.6 Å². The highest BCUT2D eigenvalue weighted by Gasteiger charge is 2.41. The van der Waals surface area contributed by atoms with Gasteiger partial charge in [-0.05, 0) is 35.0 Å². The Morgan fingerprint density at radius 3 is 1.00 bits per heavy atom. The van der Waals surface area contributed by atoms with Crippen molar-refractivity contribution >= 4 is 66.7 Å². The Morgan fingerprint density at radius 2 is 0.690 bits per heavy atom. The minimum atomic E-state index is -2.47. The summed E-state index contributed by atoms with van der Waals surface area (Å²) in [4.78, 5) is 56.1. The zero-order valence-electron chi connectivity index (χ0n) is 28.1. The normalized spacial score (nSPS) is 13.9. The number of carbonyl (C=O) groups is 4. The number of rotatable bonds is 4. The van der Waals surface area contributed by atoms with Crippen LogP contribution in [0.3, 0.4) is 0 Å². The van der Waals surface area contributed by atoms with Crippen LogP contribution in [0.1, 0.15) is 63.7 Å². The molecular weight excluding hydrogens is 790 g/mol. The number of halogens is 10. The van der Waals surface area contributed by atoms with Crippen LogP contribution in [-0.2, 0) is 13.1 Å². The van der Waals surface area contributed by atoms with Gasteiger partial charge in [0.15, 0.2) is 46.5 Å². The molecule has 0 spiro atoms. The van der Waals surface area contributed by atoms with Crippen molar-refractivity contribution in [3.05, 3.63) is 139 Å². The summed E-state index contributed by atoms with van der Waals surface area (Å²) < 4.78 is 143. The maximum absolute atomic E-state index is 14.7. The third-order valence-electron chi connectivity index (χ3n) is 10.5. The molecular formula is C40H10F10N4O4. The van der Waals surface area contributed by atoms with E-state index in [1.54, 1.807) is 0 Å². The fourth-order valence-electron chi connectivity index (χ4n) is 7.93. The number of nitrogens with zero attached hydrogens (tertiary/aromatic N) is 4. The summed E-state index contributed by atoms with van der Waals surface area (Å²) in [6, 6.07) is 10.7. The van der Waals surface area contributed by atoms with Gasteiger partial charge in [-0.25, -0.2) is 43.9 Å². The van der Waals surface area contributed by atoms with E-state index in [0.29, 0.717) is 0 Å². The van der Waals surface area contributed by atoms with E-state index in [2.05, 4.69) is 0 Å². The Hall–Kier alpha value is -7.60. The third-order valence-corrected chi connectivity index (χ3v) is 10.5. The molecule has 58 heavy (non-hydrogen) atoms. The molecule has 2 aliphatic rings. The van der Waals surface area contributed by atoms with Crippen LogP contribution in [0, 0.1) is 80.8 Å². The SMILES string of the molecule is N#Cc1cc2c3c(ccc4c5c(C#N)cc6c7c(ccc(c1c34)c75)C(=O)N(Cc1c(F)c(F)c(F)c(F)c1F)C6=O)C(=O)N(Cc1c(F)c(F)c(F)c(F)c1F)C2=O. The molecule has 7 aromatic rings. The second-order valence-electron chi connectivity index (χ2n) is 13.2.